The molecule has 1 N–H and O–H groups in total. The molecule has 0 aliphatic carbocycles. The van der Waals surface area contributed by atoms with Crippen molar-refractivity contribution in [3.05, 3.63) is 65.2 Å². The summed E-state index contributed by atoms with van der Waals surface area (Å²) in [5.74, 6) is -1.09. The van der Waals surface area contributed by atoms with Crippen LogP contribution in [0.2, 0.25) is 0 Å². The van der Waals surface area contributed by atoms with Crippen molar-refractivity contribution < 1.29 is 22.8 Å². The van der Waals surface area contributed by atoms with Crippen LogP contribution in [-0.4, -0.2) is 43.8 Å². The monoisotopic (exact) mass is 400 g/mol. The summed E-state index contributed by atoms with van der Waals surface area (Å²) >= 11 is 0. The highest BCUT2D eigenvalue weighted by atomic mass is 32.2. The number of amides is 3. The van der Waals surface area contributed by atoms with Crippen molar-refractivity contribution in [3.8, 4) is 0 Å². The summed E-state index contributed by atoms with van der Waals surface area (Å²) in [5.41, 5.74) is 1.46. The number of rotatable bonds is 6. The van der Waals surface area contributed by atoms with Gasteiger partial charge >= 0.3 is 0 Å². The number of benzene rings is 2. The predicted octanol–water partition coefficient (Wildman–Crippen LogP) is 1.95. The standard InChI is InChI=1S/C20H20N2O5S/c1-13(14-7-9-15(10-8-14)28(2,26)27)21-18(23)11-12-22-19(24)16-5-3-4-6-17(16)20(22)25/h3-10,13H,11-12H2,1-2H3,(H,21,23)/t13-/m0/s1. The Labute approximate surface area is 163 Å². The quantitative estimate of drug-likeness (QED) is 0.747. The van der Waals surface area contributed by atoms with E-state index < -0.39 is 21.7 Å². The van der Waals surface area contributed by atoms with E-state index in [9.17, 15) is 22.8 Å². The molecule has 1 aliphatic rings. The first-order valence-electron chi connectivity index (χ1n) is 8.73. The van der Waals surface area contributed by atoms with Crippen molar-refractivity contribution in [1.82, 2.24) is 10.2 Å². The molecule has 3 amide bonds. The van der Waals surface area contributed by atoms with E-state index in [1.54, 1.807) is 43.3 Å². The summed E-state index contributed by atoms with van der Waals surface area (Å²) in [6, 6.07) is 12.5. The molecule has 0 bridgehead atoms. The molecule has 146 valence electrons. The summed E-state index contributed by atoms with van der Waals surface area (Å²) in [7, 11) is -3.28. The van der Waals surface area contributed by atoms with Crippen molar-refractivity contribution in [1.29, 1.82) is 0 Å². The molecule has 7 nitrogen and oxygen atoms in total. The lowest BCUT2D eigenvalue weighted by atomic mass is 10.1. The Morgan fingerprint density at radius 1 is 1.00 bits per heavy atom. The number of sulfone groups is 1. The zero-order valence-corrected chi connectivity index (χ0v) is 16.3. The Bertz CT molecular complexity index is 1010. The van der Waals surface area contributed by atoms with E-state index in [2.05, 4.69) is 5.32 Å². The maximum absolute atomic E-state index is 12.3. The molecule has 2 aromatic carbocycles. The largest absolute Gasteiger partial charge is 0.350 e. The van der Waals surface area contributed by atoms with Gasteiger partial charge in [0, 0.05) is 19.2 Å². The van der Waals surface area contributed by atoms with Crippen molar-refractivity contribution >= 4 is 27.6 Å². The van der Waals surface area contributed by atoms with Gasteiger partial charge < -0.3 is 5.32 Å². The zero-order valence-electron chi connectivity index (χ0n) is 15.5. The van der Waals surface area contributed by atoms with E-state index in [0.29, 0.717) is 11.1 Å². The molecule has 0 saturated heterocycles. The first kappa shape index (κ1) is 19.8. The van der Waals surface area contributed by atoms with Gasteiger partial charge in [-0.25, -0.2) is 8.42 Å². The van der Waals surface area contributed by atoms with Gasteiger partial charge in [-0.1, -0.05) is 24.3 Å². The number of carbonyl (C=O) groups is 3. The molecule has 3 rings (SSSR count). The summed E-state index contributed by atoms with van der Waals surface area (Å²) in [6.07, 6.45) is 1.11. The van der Waals surface area contributed by atoms with Gasteiger partial charge in [-0.05, 0) is 36.8 Å². The van der Waals surface area contributed by atoms with Gasteiger partial charge in [0.05, 0.1) is 22.1 Å². The maximum atomic E-state index is 12.3. The third-order valence-corrected chi connectivity index (χ3v) is 5.75. The average Bonchev–Trinajstić information content (AvgIpc) is 2.90. The predicted molar refractivity (Wildman–Crippen MR) is 103 cm³/mol. The topological polar surface area (TPSA) is 101 Å². The van der Waals surface area contributed by atoms with Gasteiger partial charge in [0.2, 0.25) is 5.91 Å². The molecule has 8 heteroatoms. The van der Waals surface area contributed by atoms with Crippen molar-refractivity contribution in [2.45, 2.75) is 24.3 Å². The van der Waals surface area contributed by atoms with Crippen LogP contribution in [-0.2, 0) is 14.6 Å². The Hall–Kier alpha value is -3.00. The SMILES string of the molecule is C[C@H](NC(=O)CCN1C(=O)c2ccccc2C1=O)c1ccc(S(C)(=O)=O)cc1. The number of hydrogen-bond donors (Lipinski definition) is 1. The Morgan fingerprint density at radius 3 is 2.04 bits per heavy atom. The molecule has 0 unspecified atom stereocenters. The Balaban J connectivity index is 1.58. The molecule has 28 heavy (non-hydrogen) atoms. The maximum Gasteiger partial charge on any atom is 0.261 e. The molecule has 0 radical (unpaired) electrons. The van der Waals surface area contributed by atoms with Gasteiger partial charge in [-0.2, -0.15) is 0 Å². The van der Waals surface area contributed by atoms with E-state index in [-0.39, 0.29) is 29.8 Å². The fourth-order valence-electron chi connectivity index (χ4n) is 3.06. The fraction of sp³-hybridized carbons (Fsp3) is 0.250. The molecule has 0 saturated carbocycles. The molecule has 1 heterocycles. The number of hydrogen-bond acceptors (Lipinski definition) is 5. The van der Waals surface area contributed by atoms with Gasteiger partial charge in [0.1, 0.15) is 0 Å². The molecular formula is C20H20N2O5S. The van der Waals surface area contributed by atoms with Gasteiger partial charge in [-0.3, -0.25) is 19.3 Å². The number of carbonyl (C=O) groups excluding carboxylic acids is 3. The van der Waals surface area contributed by atoms with Crippen LogP contribution >= 0.6 is 0 Å². The van der Waals surface area contributed by atoms with Crippen LogP contribution in [0.4, 0.5) is 0 Å². The molecule has 2 aromatic rings. The summed E-state index contributed by atoms with van der Waals surface area (Å²) in [5, 5.41) is 2.79. The summed E-state index contributed by atoms with van der Waals surface area (Å²) in [6.45, 7) is 1.77. The van der Waals surface area contributed by atoms with Crippen LogP contribution in [0.15, 0.2) is 53.4 Å². The van der Waals surface area contributed by atoms with E-state index >= 15 is 0 Å². The van der Waals surface area contributed by atoms with E-state index in [0.717, 1.165) is 16.7 Å². The lowest BCUT2D eigenvalue weighted by molar-refractivity contribution is -0.121. The zero-order chi connectivity index (χ0) is 20.5. The Kier molecular flexibility index (Phi) is 5.33. The molecule has 0 spiro atoms. The second kappa shape index (κ2) is 7.55. The highest BCUT2D eigenvalue weighted by molar-refractivity contribution is 7.90. The normalized spacial score (nSPS) is 14.7. The minimum absolute atomic E-state index is 0.00207. The fourth-order valence-corrected chi connectivity index (χ4v) is 3.69. The van der Waals surface area contributed by atoms with Crippen LogP contribution in [0.3, 0.4) is 0 Å². The van der Waals surface area contributed by atoms with Crippen molar-refractivity contribution in [2.24, 2.45) is 0 Å². The molecule has 0 aromatic heterocycles. The third kappa shape index (κ3) is 3.96. The highest BCUT2D eigenvalue weighted by Crippen LogP contribution is 2.22. The van der Waals surface area contributed by atoms with Gasteiger partial charge in [0.25, 0.3) is 11.8 Å². The number of imide groups is 1. The molecule has 1 atom stereocenters. The van der Waals surface area contributed by atoms with Crippen molar-refractivity contribution in [3.63, 3.8) is 0 Å². The molecule has 1 aliphatic heterocycles. The summed E-state index contributed by atoms with van der Waals surface area (Å²) in [4.78, 5) is 38.1. The lowest BCUT2D eigenvalue weighted by Crippen LogP contribution is -2.35. The molecule has 0 fully saturated rings. The minimum Gasteiger partial charge on any atom is -0.350 e. The smallest absolute Gasteiger partial charge is 0.261 e. The van der Waals surface area contributed by atoms with Crippen molar-refractivity contribution in [2.75, 3.05) is 12.8 Å². The molecular weight excluding hydrogens is 380 g/mol. The van der Waals surface area contributed by atoms with E-state index in [1.165, 1.54) is 12.1 Å². The van der Waals surface area contributed by atoms with Crippen LogP contribution in [0.1, 0.15) is 45.7 Å². The first-order valence-corrected chi connectivity index (χ1v) is 10.6. The van der Waals surface area contributed by atoms with Crippen LogP contribution in [0.5, 0.6) is 0 Å². The Morgan fingerprint density at radius 2 is 1.54 bits per heavy atom. The average molecular weight is 400 g/mol. The first-order chi connectivity index (χ1) is 13.2. The van der Waals surface area contributed by atoms with Crippen LogP contribution < -0.4 is 5.32 Å². The third-order valence-electron chi connectivity index (χ3n) is 4.63. The second-order valence-corrected chi connectivity index (χ2v) is 8.70. The summed E-state index contributed by atoms with van der Waals surface area (Å²) < 4.78 is 23.0. The van der Waals surface area contributed by atoms with Gasteiger partial charge in [0.15, 0.2) is 9.84 Å². The number of nitrogens with one attached hydrogen (secondary N) is 1. The lowest BCUT2D eigenvalue weighted by Gasteiger charge is -2.17. The van der Waals surface area contributed by atoms with Crippen LogP contribution in [0.25, 0.3) is 0 Å². The van der Waals surface area contributed by atoms with E-state index in [1.807, 2.05) is 0 Å². The number of nitrogens with zero attached hydrogens (tertiary/aromatic N) is 1. The second-order valence-electron chi connectivity index (χ2n) is 6.69. The van der Waals surface area contributed by atoms with E-state index in [4.69, 9.17) is 0 Å². The van der Waals surface area contributed by atoms with Crippen LogP contribution in [0, 0.1) is 0 Å². The number of fused-ring (bicyclic) bond motifs is 1. The minimum atomic E-state index is -3.28. The highest BCUT2D eigenvalue weighted by Gasteiger charge is 2.35. The van der Waals surface area contributed by atoms with Gasteiger partial charge in [-0.15, -0.1) is 0 Å².